The molecule has 0 spiro atoms. The standard InChI is InChI=1S/C13H15N3O2/c1-9(17)14-11-5-3-10(4-6-11)12-7-8-13(18)16(2)15-12/h3-6H,7-8H2,1-2H3,(H,14,17). The molecule has 0 saturated carbocycles. The summed E-state index contributed by atoms with van der Waals surface area (Å²) in [5, 5.41) is 8.32. The average Bonchev–Trinajstić information content (AvgIpc) is 2.33. The van der Waals surface area contributed by atoms with Gasteiger partial charge in [-0.15, -0.1) is 0 Å². The zero-order valence-electron chi connectivity index (χ0n) is 10.4. The van der Waals surface area contributed by atoms with Crippen LogP contribution in [0, 0.1) is 0 Å². The summed E-state index contributed by atoms with van der Waals surface area (Å²) in [6.07, 6.45) is 1.14. The van der Waals surface area contributed by atoms with E-state index in [1.807, 2.05) is 24.3 Å². The molecule has 0 atom stereocenters. The summed E-state index contributed by atoms with van der Waals surface area (Å²) in [5.41, 5.74) is 2.63. The molecule has 1 heterocycles. The van der Waals surface area contributed by atoms with E-state index in [2.05, 4.69) is 10.4 Å². The third-order valence-corrected chi connectivity index (χ3v) is 2.75. The molecule has 5 nitrogen and oxygen atoms in total. The summed E-state index contributed by atoms with van der Waals surface area (Å²) >= 11 is 0. The molecule has 0 unspecified atom stereocenters. The Morgan fingerprint density at radius 2 is 1.94 bits per heavy atom. The van der Waals surface area contributed by atoms with Gasteiger partial charge < -0.3 is 5.32 Å². The molecule has 0 saturated heterocycles. The predicted octanol–water partition coefficient (Wildman–Crippen LogP) is 1.60. The topological polar surface area (TPSA) is 61.8 Å². The number of amides is 2. The molecule has 1 aliphatic heterocycles. The molecule has 1 aromatic carbocycles. The van der Waals surface area contributed by atoms with Gasteiger partial charge in [0.25, 0.3) is 0 Å². The van der Waals surface area contributed by atoms with Gasteiger partial charge in [0.15, 0.2) is 0 Å². The number of carbonyl (C=O) groups excluding carboxylic acids is 2. The van der Waals surface area contributed by atoms with Crippen molar-refractivity contribution in [3.05, 3.63) is 29.8 Å². The van der Waals surface area contributed by atoms with Crippen LogP contribution in [0.5, 0.6) is 0 Å². The van der Waals surface area contributed by atoms with E-state index in [-0.39, 0.29) is 11.8 Å². The van der Waals surface area contributed by atoms with Crippen LogP contribution < -0.4 is 5.32 Å². The fraction of sp³-hybridized carbons (Fsp3) is 0.308. The van der Waals surface area contributed by atoms with Crippen LogP contribution in [0.2, 0.25) is 0 Å². The van der Waals surface area contributed by atoms with E-state index < -0.39 is 0 Å². The molecule has 0 radical (unpaired) electrons. The van der Waals surface area contributed by atoms with Crippen molar-refractivity contribution in [2.24, 2.45) is 5.10 Å². The average molecular weight is 245 g/mol. The summed E-state index contributed by atoms with van der Waals surface area (Å²) in [7, 11) is 1.66. The quantitative estimate of drug-likeness (QED) is 0.860. The van der Waals surface area contributed by atoms with E-state index in [1.54, 1.807) is 7.05 Å². The molecule has 1 N–H and O–H groups in total. The maximum Gasteiger partial charge on any atom is 0.242 e. The zero-order valence-corrected chi connectivity index (χ0v) is 10.4. The lowest BCUT2D eigenvalue weighted by Gasteiger charge is -2.19. The molecule has 2 rings (SSSR count). The Morgan fingerprint density at radius 1 is 1.28 bits per heavy atom. The SMILES string of the molecule is CC(=O)Nc1ccc(C2=NN(C)C(=O)CC2)cc1. The van der Waals surface area contributed by atoms with E-state index in [0.29, 0.717) is 12.8 Å². The highest BCUT2D eigenvalue weighted by molar-refractivity contribution is 6.04. The molecule has 1 aromatic rings. The van der Waals surface area contributed by atoms with Gasteiger partial charge >= 0.3 is 0 Å². The first-order valence-electron chi connectivity index (χ1n) is 5.78. The maximum absolute atomic E-state index is 11.3. The second-order valence-electron chi connectivity index (χ2n) is 4.22. The summed E-state index contributed by atoms with van der Waals surface area (Å²) in [6, 6.07) is 7.45. The number of rotatable bonds is 2. The molecule has 0 bridgehead atoms. The normalized spacial score (nSPS) is 15.3. The van der Waals surface area contributed by atoms with Crippen LogP contribution in [-0.4, -0.2) is 29.6 Å². The number of benzene rings is 1. The van der Waals surface area contributed by atoms with Crippen molar-refractivity contribution < 1.29 is 9.59 Å². The predicted molar refractivity (Wildman–Crippen MR) is 69.3 cm³/mol. The number of anilines is 1. The van der Waals surface area contributed by atoms with Gasteiger partial charge in [-0.1, -0.05) is 12.1 Å². The van der Waals surface area contributed by atoms with Crippen LogP contribution >= 0.6 is 0 Å². The minimum absolute atomic E-state index is 0.0358. The van der Waals surface area contributed by atoms with Crippen LogP contribution in [0.3, 0.4) is 0 Å². The summed E-state index contributed by atoms with van der Waals surface area (Å²) < 4.78 is 0. The Morgan fingerprint density at radius 3 is 2.50 bits per heavy atom. The van der Waals surface area contributed by atoms with Gasteiger partial charge in [0.2, 0.25) is 11.8 Å². The smallest absolute Gasteiger partial charge is 0.242 e. The maximum atomic E-state index is 11.3. The van der Waals surface area contributed by atoms with E-state index in [0.717, 1.165) is 17.0 Å². The van der Waals surface area contributed by atoms with Gasteiger partial charge in [0.1, 0.15) is 0 Å². The first kappa shape index (κ1) is 12.3. The Kier molecular flexibility index (Phi) is 3.41. The van der Waals surface area contributed by atoms with Crippen LogP contribution in [0.1, 0.15) is 25.3 Å². The largest absolute Gasteiger partial charge is 0.326 e. The van der Waals surface area contributed by atoms with Crippen molar-refractivity contribution >= 4 is 23.2 Å². The molecule has 2 amide bonds. The second-order valence-corrected chi connectivity index (χ2v) is 4.22. The number of hydrazone groups is 1. The number of hydrogen-bond donors (Lipinski definition) is 1. The number of nitrogens with one attached hydrogen (secondary N) is 1. The van der Waals surface area contributed by atoms with Gasteiger partial charge in [-0.3, -0.25) is 9.59 Å². The molecule has 0 fully saturated rings. The van der Waals surface area contributed by atoms with Gasteiger partial charge in [-0.2, -0.15) is 5.10 Å². The van der Waals surface area contributed by atoms with Gasteiger partial charge in [0.05, 0.1) is 5.71 Å². The van der Waals surface area contributed by atoms with E-state index in [9.17, 15) is 9.59 Å². The van der Waals surface area contributed by atoms with Crippen molar-refractivity contribution in [3.8, 4) is 0 Å². The molecule has 5 heteroatoms. The van der Waals surface area contributed by atoms with Crippen molar-refractivity contribution in [2.45, 2.75) is 19.8 Å². The molecular weight excluding hydrogens is 230 g/mol. The molecule has 0 aliphatic carbocycles. The third kappa shape index (κ3) is 2.74. The molecule has 1 aliphatic rings. The van der Waals surface area contributed by atoms with Gasteiger partial charge in [-0.05, 0) is 17.7 Å². The molecular formula is C13H15N3O2. The Bertz CT molecular complexity index is 505. The van der Waals surface area contributed by atoms with Crippen LogP contribution in [0.4, 0.5) is 5.69 Å². The molecule has 18 heavy (non-hydrogen) atoms. The van der Waals surface area contributed by atoms with Crippen molar-refractivity contribution in [3.63, 3.8) is 0 Å². The van der Waals surface area contributed by atoms with Gasteiger partial charge in [0, 0.05) is 32.5 Å². The lowest BCUT2D eigenvalue weighted by atomic mass is 10.0. The number of hydrogen-bond acceptors (Lipinski definition) is 3. The highest BCUT2D eigenvalue weighted by Crippen LogP contribution is 2.16. The summed E-state index contributed by atoms with van der Waals surface area (Å²) in [6.45, 7) is 1.47. The Balaban J connectivity index is 2.17. The lowest BCUT2D eigenvalue weighted by Crippen LogP contribution is -2.28. The van der Waals surface area contributed by atoms with Crippen molar-refractivity contribution in [1.82, 2.24) is 5.01 Å². The fourth-order valence-corrected chi connectivity index (χ4v) is 1.83. The Hall–Kier alpha value is -2.17. The lowest BCUT2D eigenvalue weighted by molar-refractivity contribution is -0.130. The van der Waals surface area contributed by atoms with Crippen LogP contribution in [0.25, 0.3) is 0 Å². The van der Waals surface area contributed by atoms with Crippen LogP contribution in [-0.2, 0) is 9.59 Å². The van der Waals surface area contributed by atoms with E-state index in [1.165, 1.54) is 11.9 Å². The van der Waals surface area contributed by atoms with Gasteiger partial charge in [-0.25, -0.2) is 5.01 Å². The second kappa shape index (κ2) is 5.00. The third-order valence-electron chi connectivity index (χ3n) is 2.75. The summed E-state index contributed by atoms with van der Waals surface area (Å²) in [5.74, 6) is -0.0586. The van der Waals surface area contributed by atoms with Crippen molar-refractivity contribution in [1.29, 1.82) is 0 Å². The minimum Gasteiger partial charge on any atom is -0.326 e. The number of nitrogens with zero attached hydrogens (tertiary/aromatic N) is 2. The fourth-order valence-electron chi connectivity index (χ4n) is 1.83. The Labute approximate surface area is 105 Å². The van der Waals surface area contributed by atoms with E-state index >= 15 is 0 Å². The van der Waals surface area contributed by atoms with Crippen molar-refractivity contribution in [2.75, 3.05) is 12.4 Å². The highest BCUT2D eigenvalue weighted by Gasteiger charge is 2.17. The van der Waals surface area contributed by atoms with Crippen LogP contribution in [0.15, 0.2) is 29.4 Å². The summed E-state index contributed by atoms with van der Waals surface area (Å²) in [4.78, 5) is 22.2. The molecule has 94 valence electrons. The molecule has 0 aromatic heterocycles. The zero-order chi connectivity index (χ0) is 13.1. The monoisotopic (exact) mass is 245 g/mol. The van der Waals surface area contributed by atoms with E-state index in [4.69, 9.17) is 0 Å². The highest BCUT2D eigenvalue weighted by atomic mass is 16.2. The minimum atomic E-state index is -0.0944. The first-order valence-corrected chi connectivity index (χ1v) is 5.78. The number of carbonyl (C=O) groups is 2. The first-order chi connectivity index (χ1) is 8.56.